The molecular formula is C18H21N5O2. The highest BCUT2D eigenvalue weighted by molar-refractivity contribution is 5.91. The molecule has 0 radical (unpaired) electrons. The Hall–Kier alpha value is -2.80. The van der Waals surface area contributed by atoms with E-state index in [0.29, 0.717) is 12.2 Å². The van der Waals surface area contributed by atoms with E-state index in [4.69, 9.17) is 0 Å². The Balaban J connectivity index is 1.68. The number of carbonyl (C=O) groups excluding carboxylic acids is 1. The molecule has 7 nitrogen and oxygen atoms in total. The summed E-state index contributed by atoms with van der Waals surface area (Å²) < 4.78 is 1.55. The molecule has 0 aliphatic carbocycles. The molecule has 7 heteroatoms. The van der Waals surface area contributed by atoms with E-state index in [1.54, 1.807) is 4.52 Å². The SMILES string of the molecule is Cc1cc(C)n2nc(C(=O)NC(C)CC(O)c3ccccc3)nc2n1. The highest BCUT2D eigenvalue weighted by Gasteiger charge is 2.19. The third-order valence-electron chi connectivity index (χ3n) is 3.96. The van der Waals surface area contributed by atoms with Gasteiger partial charge in [-0.1, -0.05) is 30.3 Å². The molecule has 0 aliphatic rings. The van der Waals surface area contributed by atoms with Gasteiger partial charge < -0.3 is 10.4 Å². The van der Waals surface area contributed by atoms with Crippen LogP contribution in [0.3, 0.4) is 0 Å². The molecule has 0 fully saturated rings. The molecule has 1 aromatic carbocycles. The number of amides is 1. The fraction of sp³-hybridized carbons (Fsp3) is 0.333. The zero-order valence-corrected chi connectivity index (χ0v) is 14.5. The first-order valence-corrected chi connectivity index (χ1v) is 8.19. The number of hydrogen-bond donors (Lipinski definition) is 2. The number of aromatic nitrogens is 4. The molecule has 2 unspecified atom stereocenters. The van der Waals surface area contributed by atoms with Gasteiger partial charge in [-0.05, 0) is 38.8 Å². The van der Waals surface area contributed by atoms with E-state index in [0.717, 1.165) is 17.0 Å². The second kappa shape index (κ2) is 6.98. The van der Waals surface area contributed by atoms with E-state index in [9.17, 15) is 9.90 Å². The molecule has 2 atom stereocenters. The van der Waals surface area contributed by atoms with Crippen LogP contribution in [-0.2, 0) is 0 Å². The van der Waals surface area contributed by atoms with Gasteiger partial charge in [0.25, 0.3) is 11.7 Å². The number of aliphatic hydroxyl groups is 1. The number of fused-ring (bicyclic) bond motifs is 1. The van der Waals surface area contributed by atoms with Crippen LogP contribution in [0.5, 0.6) is 0 Å². The molecule has 1 amide bonds. The average molecular weight is 339 g/mol. The topological polar surface area (TPSA) is 92.4 Å². The van der Waals surface area contributed by atoms with Crippen LogP contribution in [0.4, 0.5) is 0 Å². The first-order chi connectivity index (χ1) is 11.9. The molecule has 0 saturated carbocycles. The number of nitrogens with zero attached hydrogens (tertiary/aromatic N) is 4. The van der Waals surface area contributed by atoms with Gasteiger partial charge in [-0.15, -0.1) is 5.10 Å². The first kappa shape index (κ1) is 17.0. The van der Waals surface area contributed by atoms with E-state index in [-0.39, 0.29) is 17.8 Å². The smallest absolute Gasteiger partial charge is 0.291 e. The minimum absolute atomic E-state index is 0.0715. The van der Waals surface area contributed by atoms with E-state index < -0.39 is 6.10 Å². The van der Waals surface area contributed by atoms with Gasteiger partial charge in [0.05, 0.1) is 6.10 Å². The van der Waals surface area contributed by atoms with Crippen LogP contribution < -0.4 is 5.32 Å². The van der Waals surface area contributed by atoms with Crippen molar-refractivity contribution in [2.75, 3.05) is 0 Å². The summed E-state index contributed by atoms with van der Waals surface area (Å²) in [5.74, 6) is 0.0946. The van der Waals surface area contributed by atoms with Gasteiger partial charge in [0.1, 0.15) is 0 Å². The van der Waals surface area contributed by atoms with Crippen molar-refractivity contribution in [1.82, 2.24) is 24.9 Å². The summed E-state index contributed by atoms with van der Waals surface area (Å²) in [7, 11) is 0. The maximum atomic E-state index is 12.4. The fourth-order valence-electron chi connectivity index (χ4n) is 2.76. The van der Waals surface area contributed by atoms with Crippen molar-refractivity contribution < 1.29 is 9.90 Å². The summed E-state index contributed by atoms with van der Waals surface area (Å²) >= 11 is 0. The molecule has 2 heterocycles. The van der Waals surface area contributed by atoms with Crippen molar-refractivity contribution in [3.63, 3.8) is 0 Å². The van der Waals surface area contributed by atoms with Crippen LogP contribution in [0.15, 0.2) is 36.4 Å². The highest BCUT2D eigenvalue weighted by atomic mass is 16.3. The lowest BCUT2D eigenvalue weighted by molar-refractivity contribution is 0.0907. The Bertz CT molecular complexity index is 891. The van der Waals surface area contributed by atoms with Crippen molar-refractivity contribution in [2.45, 2.75) is 39.3 Å². The van der Waals surface area contributed by atoms with Crippen LogP contribution >= 0.6 is 0 Å². The molecule has 0 bridgehead atoms. The summed E-state index contributed by atoms with van der Waals surface area (Å²) in [4.78, 5) is 20.8. The number of aryl methyl sites for hydroxylation is 2. The van der Waals surface area contributed by atoms with Gasteiger partial charge in [-0.25, -0.2) is 9.50 Å². The van der Waals surface area contributed by atoms with Crippen molar-refractivity contribution >= 4 is 11.7 Å². The summed E-state index contributed by atoms with van der Waals surface area (Å²) in [5.41, 5.74) is 2.51. The zero-order valence-electron chi connectivity index (χ0n) is 14.5. The number of rotatable bonds is 5. The predicted molar refractivity (Wildman–Crippen MR) is 93.2 cm³/mol. The maximum absolute atomic E-state index is 12.4. The lowest BCUT2D eigenvalue weighted by Gasteiger charge is -2.17. The number of aliphatic hydroxyl groups excluding tert-OH is 1. The fourth-order valence-corrected chi connectivity index (χ4v) is 2.76. The Kier molecular flexibility index (Phi) is 4.76. The van der Waals surface area contributed by atoms with Gasteiger partial charge in [0.2, 0.25) is 5.82 Å². The molecule has 0 aliphatic heterocycles. The lowest BCUT2D eigenvalue weighted by Crippen LogP contribution is -2.34. The summed E-state index contributed by atoms with van der Waals surface area (Å²) in [6.45, 7) is 5.60. The predicted octanol–water partition coefficient (Wildman–Crippen LogP) is 1.98. The second-order valence-electron chi connectivity index (χ2n) is 6.22. The molecule has 2 aromatic heterocycles. The highest BCUT2D eigenvalue weighted by Crippen LogP contribution is 2.17. The van der Waals surface area contributed by atoms with Gasteiger partial charge in [0, 0.05) is 17.4 Å². The molecular weight excluding hydrogens is 318 g/mol. The Labute approximate surface area is 145 Å². The molecule has 130 valence electrons. The number of carbonyl (C=O) groups is 1. The second-order valence-corrected chi connectivity index (χ2v) is 6.22. The largest absolute Gasteiger partial charge is 0.388 e. The minimum Gasteiger partial charge on any atom is -0.388 e. The number of hydrogen-bond acceptors (Lipinski definition) is 5. The monoisotopic (exact) mass is 339 g/mol. The molecule has 3 aromatic rings. The maximum Gasteiger partial charge on any atom is 0.291 e. The third-order valence-corrected chi connectivity index (χ3v) is 3.96. The minimum atomic E-state index is -0.642. The summed E-state index contributed by atoms with van der Waals surface area (Å²) in [6.07, 6.45) is -0.239. The molecule has 0 saturated heterocycles. The van der Waals surface area contributed by atoms with E-state index in [1.165, 1.54) is 0 Å². The van der Waals surface area contributed by atoms with Gasteiger partial charge >= 0.3 is 0 Å². The normalized spacial score (nSPS) is 13.6. The van der Waals surface area contributed by atoms with Crippen LogP contribution in [0.1, 0.15) is 47.0 Å². The van der Waals surface area contributed by atoms with Crippen LogP contribution in [0, 0.1) is 13.8 Å². The van der Waals surface area contributed by atoms with E-state index in [1.807, 2.05) is 57.2 Å². The lowest BCUT2D eigenvalue weighted by atomic mass is 10.0. The standard InChI is InChI=1S/C18H21N5O2/c1-11-9-13(3)23-18(20-11)21-16(22-23)17(25)19-12(2)10-15(24)14-7-5-4-6-8-14/h4-9,12,15,24H,10H2,1-3H3,(H,19,25). The quantitative estimate of drug-likeness (QED) is 0.741. The van der Waals surface area contributed by atoms with Crippen molar-refractivity contribution in [3.8, 4) is 0 Å². The molecule has 0 spiro atoms. The Morgan fingerprint density at radius 3 is 2.68 bits per heavy atom. The third kappa shape index (κ3) is 3.83. The molecule has 2 N–H and O–H groups in total. The van der Waals surface area contributed by atoms with Crippen LogP contribution in [0.2, 0.25) is 0 Å². The average Bonchev–Trinajstić information content (AvgIpc) is 3.00. The number of nitrogens with one attached hydrogen (secondary N) is 1. The van der Waals surface area contributed by atoms with Gasteiger partial charge in [-0.2, -0.15) is 4.98 Å². The van der Waals surface area contributed by atoms with Crippen molar-refractivity contribution in [1.29, 1.82) is 0 Å². The van der Waals surface area contributed by atoms with Gasteiger partial charge in [-0.3, -0.25) is 4.79 Å². The summed E-state index contributed by atoms with van der Waals surface area (Å²) in [5, 5.41) is 17.3. The molecule has 3 rings (SSSR count). The van der Waals surface area contributed by atoms with Crippen LogP contribution in [0.25, 0.3) is 5.78 Å². The number of benzene rings is 1. The van der Waals surface area contributed by atoms with E-state index in [2.05, 4.69) is 20.4 Å². The Morgan fingerprint density at radius 2 is 1.96 bits per heavy atom. The van der Waals surface area contributed by atoms with Crippen molar-refractivity contribution in [3.05, 3.63) is 59.2 Å². The zero-order chi connectivity index (χ0) is 18.0. The summed E-state index contributed by atoms with van der Waals surface area (Å²) in [6, 6.07) is 11.0. The van der Waals surface area contributed by atoms with E-state index >= 15 is 0 Å². The Morgan fingerprint density at radius 1 is 1.24 bits per heavy atom. The van der Waals surface area contributed by atoms with Crippen LogP contribution in [-0.4, -0.2) is 36.6 Å². The van der Waals surface area contributed by atoms with Gasteiger partial charge in [0.15, 0.2) is 0 Å². The molecule has 25 heavy (non-hydrogen) atoms. The first-order valence-electron chi connectivity index (χ1n) is 8.19. The van der Waals surface area contributed by atoms with Crippen molar-refractivity contribution in [2.24, 2.45) is 0 Å².